The second-order valence-corrected chi connectivity index (χ2v) is 10.5. The highest BCUT2D eigenvalue weighted by molar-refractivity contribution is 5.99. The van der Waals surface area contributed by atoms with Crippen molar-refractivity contribution in [1.29, 1.82) is 0 Å². The summed E-state index contributed by atoms with van der Waals surface area (Å²) in [7, 11) is 0. The second-order valence-electron chi connectivity index (χ2n) is 10.5. The number of amides is 3. The van der Waals surface area contributed by atoms with Gasteiger partial charge in [-0.1, -0.05) is 54.6 Å². The lowest BCUT2D eigenvalue weighted by Crippen LogP contribution is -2.49. The lowest BCUT2D eigenvalue weighted by Gasteiger charge is -2.24. The number of carboxylic acid groups (broad SMARTS) is 1. The molecule has 3 aromatic rings. The van der Waals surface area contributed by atoms with Crippen LogP contribution in [0.15, 0.2) is 72.9 Å². The van der Waals surface area contributed by atoms with Gasteiger partial charge in [-0.25, -0.2) is 14.6 Å². The number of nitrogens with zero attached hydrogens (tertiary/aromatic N) is 2. The first-order valence-corrected chi connectivity index (χ1v) is 14.3. The van der Waals surface area contributed by atoms with Crippen LogP contribution in [0.3, 0.4) is 0 Å². The van der Waals surface area contributed by atoms with Gasteiger partial charge in [0, 0.05) is 24.8 Å². The summed E-state index contributed by atoms with van der Waals surface area (Å²) in [5, 5.41) is 17.8. The minimum atomic E-state index is -1.34. The molecule has 1 aliphatic rings. The zero-order chi connectivity index (χ0) is 31.5. The van der Waals surface area contributed by atoms with E-state index in [2.05, 4.69) is 20.9 Å². The van der Waals surface area contributed by atoms with E-state index in [1.165, 1.54) is 0 Å². The van der Waals surface area contributed by atoms with Crippen molar-refractivity contribution in [2.75, 3.05) is 31.6 Å². The first-order valence-electron chi connectivity index (χ1n) is 14.3. The molecule has 0 bridgehead atoms. The topological polar surface area (TPSA) is 159 Å². The molecule has 12 nitrogen and oxygen atoms in total. The molecule has 1 fully saturated rings. The number of aryl methyl sites for hydroxylation is 2. The van der Waals surface area contributed by atoms with Crippen LogP contribution in [0.2, 0.25) is 0 Å². The van der Waals surface area contributed by atoms with Crippen LogP contribution < -0.4 is 16.0 Å². The van der Waals surface area contributed by atoms with Gasteiger partial charge in [-0.3, -0.25) is 9.59 Å². The van der Waals surface area contributed by atoms with Crippen molar-refractivity contribution in [3.63, 3.8) is 0 Å². The normalized spacial score (nSPS) is 16.5. The summed E-state index contributed by atoms with van der Waals surface area (Å²) >= 11 is 0. The zero-order valence-corrected chi connectivity index (χ0v) is 24.7. The third-order valence-corrected chi connectivity index (χ3v) is 7.26. The molecule has 0 unspecified atom stereocenters. The maximum atomic E-state index is 13.0. The van der Waals surface area contributed by atoms with Crippen LogP contribution in [-0.4, -0.2) is 83.3 Å². The van der Waals surface area contributed by atoms with E-state index in [0.29, 0.717) is 35.5 Å². The largest absolute Gasteiger partial charge is 0.480 e. The van der Waals surface area contributed by atoms with Gasteiger partial charge in [-0.2, -0.15) is 0 Å². The second kappa shape index (κ2) is 15.5. The van der Waals surface area contributed by atoms with Gasteiger partial charge >= 0.3 is 12.1 Å². The Labute approximate surface area is 255 Å². The fourth-order valence-electron chi connectivity index (χ4n) is 4.97. The number of carbonyl (C=O) groups is 4. The van der Waals surface area contributed by atoms with E-state index in [4.69, 9.17) is 9.47 Å². The highest BCUT2D eigenvalue weighted by atomic mass is 16.6. The summed E-state index contributed by atoms with van der Waals surface area (Å²) in [5.74, 6) is -1.71. The number of hydrogen-bond acceptors (Lipinski definition) is 8. The number of aliphatic carboxylic acids is 1. The Bertz CT molecular complexity index is 1420. The highest BCUT2D eigenvalue weighted by Crippen LogP contribution is 2.22. The number of pyridine rings is 1. The Morgan fingerprint density at radius 2 is 1.73 bits per heavy atom. The summed E-state index contributed by atoms with van der Waals surface area (Å²) in [6.45, 7) is 3.58. The summed E-state index contributed by atoms with van der Waals surface area (Å²) in [4.78, 5) is 56.0. The first kappa shape index (κ1) is 32.0. The number of nitrogens with one attached hydrogen (secondary N) is 3. The van der Waals surface area contributed by atoms with Gasteiger partial charge in [0.15, 0.2) is 0 Å². The van der Waals surface area contributed by atoms with Crippen molar-refractivity contribution < 1.29 is 33.8 Å². The number of carbonyl (C=O) groups excluding carboxylic acids is 3. The number of ether oxygens (including phenoxy) is 2. The lowest BCUT2D eigenvalue weighted by atomic mass is 10.0. The van der Waals surface area contributed by atoms with Gasteiger partial charge in [-0.05, 0) is 49.1 Å². The van der Waals surface area contributed by atoms with Crippen molar-refractivity contribution >= 4 is 29.7 Å². The van der Waals surface area contributed by atoms with Crippen LogP contribution in [-0.2, 0) is 25.7 Å². The van der Waals surface area contributed by atoms with Gasteiger partial charge in [0.1, 0.15) is 25.1 Å². The lowest BCUT2D eigenvalue weighted by molar-refractivity contribution is -0.139. The number of hydrogen-bond donors (Lipinski definition) is 4. The first-order chi connectivity index (χ1) is 21.2. The summed E-state index contributed by atoms with van der Waals surface area (Å²) in [5.41, 5.74) is 2.69. The predicted molar refractivity (Wildman–Crippen MR) is 162 cm³/mol. The monoisotopic (exact) mass is 603 g/mol. The highest BCUT2D eigenvalue weighted by Gasteiger charge is 2.37. The Balaban J connectivity index is 1.29. The molecule has 1 aliphatic heterocycles. The summed E-state index contributed by atoms with van der Waals surface area (Å²) in [6.07, 6.45) is 1.15. The zero-order valence-electron chi connectivity index (χ0n) is 24.7. The molecule has 0 radical (unpaired) electrons. The molecule has 0 aliphatic carbocycles. The van der Waals surface area contributed by atoms with Gasteiger partial charge in [-0.15, -0.1) is 0 Å². The standard InChI is InChI=1S/C32H37N5O7/c1-21-9-8-10-22(2)29(21)30(39)36-26(31(40)41)17-35-28(38)20-43-25-15-24(16-34-27-13-6-7-14-33-27)37(18-25)32(42)44-19-23-11-4-3-5-12-23/h3-14,24-26H,15-20H2,1-2H3,(H,33,34)(H,35,38)(H,36,39)(H,40,41)/t24-,25+,26-/m0/s1. The Morgan fingerprint density at radius 3 is 2.41 bits per heavy atom. The number of anilines is 1. The number of rotatable bonds is 13. The maximum absolute atomic E-state index is 13.0. The van der Waals surface area contributed by atoms with E-state index in [9.17, 15) is 24.3 Å². The molecule has 0 spiro atoms. The number of benzene rings is 2. The smallest absolute Gasteiger partial charge is 0.410 e. The van der Waals surface area contributed by atoms with Gasteiger partial charge < -0.3 is 35.4 Å². The van der Waals surface area contributed by atoms with E-state index in [1.54, 1.807) is 43.1 Å². The molecular weight excluding hydrogens is 566 g/mol. The third-order valence-electron chi connectivity index (χ3n) is 7.26. The van der Waals surface area contributed by atoms with Crippen molar-refractivity contribution in [3.05, 3.63) is 95.2 Å². The Morgan fingerprint density at radius 1 is 1.00 bits per heavy atom. The summed E-state index contributed by atoms with van der Waals surface area (Å²) < 4.78 is 11.4. The van der Waals surface area contributed by atoms with Gasteiger partial charge in [0.05, 0.1) is 18.7 Å². The molecule has 3 atom stereocenters. The Hall–Kier alpha value is -4.97. The molecular formula is C32H37N5O7. The molecule has 44 heavy (non-hydrogen) atoms. The van der Waals surface area contributed by atoms with Gasteiger partial charge in [0.25, 0.3) is 5.91 Å². The molecule has 4 rings (SSSR count). The SMILES string of the molecule is Cc1cccc(C)c1C(=O)N[C@@H](CNC(=O)CO[C@@H]1C[C@@H](CNc2ccccn2)N(C(=O)OCc2ccccc2)C1)C(=O)O. The van der Waals surface area contributed by atoms with E-state index in [0.717, 1.165) is 5.56 Å². The van der Waals surface area contributed by atoms with E-state index in [-0.39, 0.29) is 32.3 Å². The van der Waals surface area contributed by atoms with Crippen LogP contribution in [0.5, 0.6) is 0 Å². The quantitative estimate of drug-likeness (QED) is 0.230. The minimum absolute atomic E-state index is 0.120. The molecule has 1 saturated heterocycles. The average molecular weight is 604 g/mol. The van der Waals surface area contributed by atoms with E-state index in [1.807, 2.05) is 48.5 Å². The van der Waals surface area contributed by atoms with Crippen LogP contribution in [0.4, 0.5) is 10.6 Å². The third kappa shape index (κ3) is 9.01. The molecule has 3 amide bonds. The molecule has 12 heteroatoms. The van der Waals surface area contributed by atoms with Crippen LogP contribution in [0.1, 0.15) is 33.5 Å². The van der Waals surface area contributed by atoms with E-state index < -0.39 is 36.0 Å². The molecule has 2 aromatic carbocycles. The average Bonchev–Trinajstić information content (AvgIpc) is 3.44. The molecule has 4 N–H and O–H groups in total. The van der Waals surface area contributed by atoms with Crippen molar-refractivity contribution in [1.82, 2.24) is 20.5 Å². The predicted octanol–water partition coefficient (Wildman–Crippen LogP) is 2.91. The van der Waals surface area contributed by atoms with E-state index >= 15 is 0 Å². The maximum Gasteiger partial charge on any atom is 0.410 e. The van der Waals surface area contributed by atoms with Crippen molar-refractivity contribution in [2.45, 2.75) is 45.1 Å². The van der Waals surface area contributed by atoms with Crippen LogP contribution in [0.25, 0.3) is 0 Å². The molecule has 2 heterocycles. The fourth-order valence-corrected chi connectivity index (χ4v) is 4.97. The summed E-state index contributed by atoms with van der Waals surface area (Å²) in [6, 6.07) is 18.5. The number of likely N-dealkylation sites (tertiary alicyclic amines) is 1. The van der Waals surface area contributed by atoms with Crippen molar-refractivity contribution in [3.8, 4) is 0 Å². The van der Waals surface area contributed by atoms with Crippen LogP contribution in [0, 0.1) is 13.8 Å². The van der Waals surface area contributed by atoms with Gasteiger partial charge in [0.2, 0.25) is 5.91 Å². The molecule has 1 aromatic heterocycles. The molecule has 232 valence electrons. The molecule has 0 saturated carbocycles. The number of aromatic nitrogens is 1. The number of carboxylic acids is 1. The van der Waals surface area contributed by atoms with Crippen molar-refractivity contribution in [2.24, 2.45) is 0 Å². The fraction of sp³-hybridized carbons (Fsp3) is 0.344. The Kier molecular flexibility index (Phi) is 11.2. The minimum Gasteiger partial charge on any atom is -0.480 e. The van der Waals surface area contributed by atoms with Crippen LogP contribution >= 0.6 is 0 Å².